The molecule has 0 amide bonds. The minimum atomic E-state index is 0.353. The number of halogens is 2. The standard InChI is InChI=1S/C15H16Cl2N2O2/c1-9(2)8-20-15-12(18)4-6-14(19-15)21-13-5-3-10(16)7-11(13)17/h3-7,9H,8,18H2,1-2H3. The summed E-state index contributed by atoms with van der Waals surface area (Å²) < 4.78 is 11.2. The molecule has 1 heterocycles. The maximum Gasteiger partial charge on any atom is 0.240 e. The fraction of sp³-hybridized carbons (Fsp3) is 0.267. The highest BCUT2D eigenvalue weighted by Gasteiger charge is 2.09. The molecule has 0 fully saturated rings. The van der Waals surface area contributed by atoms with Crippen LogP contribution in [0.15, 0.2) is 30.3 Å². The van der Waals surface area contributed by atoms with Gasteiger partial charge < -0.3 is 15.2 Å². The number of pyridine rings is 1. The van der Waals surface area contributed by atoms with Crippen LogP contribution in [-0.4, -0.2) is 11.6 Å². The number of rotatable bonds is 5. The van der Waals surface area contributed by atoms with E-state index in [1.807, 2.05) is 13.8 Å². The SMILES string of the molecule is CC(C)COc1nc(Oc2ccc(Cl)cc2Cl)ccc1N. The molecule has 0 aliphatic carbocycles. The molecule has 0 atom stereocenters. The van der Waals surface area contributed by atoms with Crippen LogP contribution in [0.5, 0.6) is 17.5 Å². The third kappa shape index (κ3) is 4.41. The van der Waals surface area contributed by atoms with E-state index in [0.717, 1.165) is 0 Å². The summed E-state index contributed by atoms with van der Waals surface area (Å²) in [6, 6.07) is 8.31. The van der Waals surface area contributed by atoms with Gasteiger partial charge in [-0.25, -0.2) is 0 Å². The number of hydrogen-bond donors (Lipinski definition) is 1. The third-order valence-corrected chi connectivity index (χ3v) is 3.06. The first-order valence-electron chi connectivity index (χ1n) is 6.48. The predicted octanol–water partition coefficient (Wildman–Crippen LogP) is 4.80. The summed E-state index contributed by atoms with van der Waals surface area (Å²) >= 11 is 11.9. The van der Waals surface area contributed by atoms with Gasteiger partial charge in [-0.3, -0.25) is 0 Å². The smallest absolute Gasteiger partial charge is 0.240 e. The molecule has 21 heavy (non-hydrogen) atoms. The lowest BCUT2D eigenvalue weighted by Crippen LogP contribution is -2.07. The Morgan fingerprint density at radius 1 is 1.19 bits per heavy atom. The molecule has 0 spiro atoms. The van der Waals surface area contributed by atoms with Crippen LogP contribution in [0.4, 0.5) is 5.69 Å². The Morgan fingerprint density at radius 2 is 1.95 bits per heavy atom. The van der Waals surface area contributed by atoms with Gasteiger partial charge in [-0.15, -0.1) is 0 Å². The molecule has 6 heteroatoms. The van der Waals surface area contributed by atoms with E-state index in [-0.39, 0.29) is 0 Å². The zero-order valence-corrected chi connectivity index (χ0v) is 13.3. The van der Waals surface area contributed by atoms with Crippen LogP contribution >= 0.6 is 23.2 Å². The average molecular weight is 327 g/mol. The number of anilines is 1. The van der Waals surface area contributed by atoms with Crippen molar-refractivity contribution in [2.75, 3.05) is 12.3 Å². The van der Waals surface area contributed by atoms with Gasteiger partial charge in [0.25, 0.3) is 0 Å². The van der Waals surface area contributed by atoms with Crippen LogP contribution in [0.25, 0.3) is 0 Å². The predicted molar refractivity (Wildman–Crippen MR) is 85.5 cm³/mol. The summed E-state index contributed by atoms with van der Waals surface area (Å²) in [5.74, 6) is 1.55. The van der Waals surface area contributed by atoms with Gasteiger partial charge in [-0.05, 0) is 30.2 Å². The highest BCUT2D eigenvalue weighted by molar-refractivity contribution is 6.35. The minimum Gasteiger partial charge on any atom is -0.476 e. The lowest BCUT2D eigenvalue weighted by atomic mass is 10.2. The Labute approximate surface area is 133 Å². The van der Waals surface area contributed by atoms with Crippen molar-refractivity contribution in [1.82, 2.24) is 4.98 Å². The normalized spacial score (nSPS) is 10.7. The Kier molecular flexibility index (Phi) is 5.15. The monoisotopic (exact) mass is 326 g/mol. The molecule has 112 valence electrons. The zero-order valence-electron chi connectivity index (χ0n) is 11.8. The maximum atomic E-state index is 6.06. The molecule has 0 bridgehead atoms. The van der Waals surface area contributed by atoms with Crippen molar-refractivity contribution in [3.05, 3.63) is 40.4 Å². The van der Waals surface area contributed by atoms with E-state index in [2.05, 4.69) is 4.98 Å². The van der Waals surface area contributed by atoms with E-state index in [0.29, 0.717) is 45.8 Å². The lowest BCUT2D eigenvalue weighted by molar-refractivity contribution is 0.260. The van der Waals surface area contributed by atoms with Gasteiger partial charge in [-0.2, -0.15) is 4.98 Å². The molecule has 4 nitrogen and oxygen atoms in total. The van der Waals surface area contributed by atoms with Gasteiger partial charge in [0.2, 0.25) is 11.8 Å². The second kappa shape index (κ2) is 6.87. The van der Waals surface area contributed by atoms with Crippen LogP contribution in [0, 0.1) is 5.92 Å². The van der Waals surface area contributed by atoms with Crippen LogP contribution < -0.4 is 15.2 Å². The summed E-state index contributed by atoms with van der Waals surface area (Å²) in [5.41, 5.74) is 6.30. The van der Waals surface area contributed by atoms with Gasteiger partial charge in [-0.1, -0.05) is 37.0 Å². The molecule has 2 aromatic rings. The topological polar surface area (TPSA) is 57.4 Å². The van der Waals surface area contributed by atoms with Crippen molar-refractivity contribution in [2.45, 2.75) is 13.8 Å². The van der Waals surface area contributed by atoms with Crippen molar-refractivity contribution in [1.29, 1.82) is 0 Å². The first kappa shape index (κ1) is 15.7. The molecule has 1 aromatic carbocycles. The van der Waals surface area contributed by atoms with Crippen molar-refractivity contribution in [3.8, 4) is 17.5 Å². The molecule has 0 radical (unpaired) electrons. The van der Waals surface area contributed by atoms with Gasteiger partial charge in [0.15, 0.2) is 0 Å². The van der Waals surface area contributed by atoms with Crippen LogP contribution in [0.1, 0.15) is 13.8 Å². The van der Waals surface area contributed by atoms with Gasteiger partial charge in [0, 0.05) is 11.1 Å². The Bertz CT molecular complexity index is 633. The highest BCUT2D eigenvalue weighted by Crippen LogP contribution is 2.32. The lowest BCUT2D eigenvalue weighted by Gasteiger charge is -2.12. The first-order valence-corrected chi connectivity index (χ1v) is 7.23. The molecule has 1 aromatic heterocycles. The number of nitrogens with zero attached hydrogens (tertiary/aromatic N) is 1. The van der Waals surface area contributed by atoms with E-state index in [9.17, 15) is 0 Å². The Morgan fingerprint density at radius 3 is 2.62 bits per heavy atom. The summed E-state index contributed by atoms with van der Waals surface area (Å²) in [5, 5.41) is 0.948. The molecule has 2 rings (SSSR count). The quantitative estimate of drug-likeness (QED) is 0.857. The van der Waals surface area contributed by atoms with E-state index in [4.69, 9.17) is 38.4 Å². The van der Waals surface area contributed by atoms with Crippen molar-refractivity contribution in [2.24, 2.45) is 5.92 Å². The number of ether oxygens (including phenoxy) is 2. The molecule has 0 saturated heterocycles. The molecule has 0 aliphatic heterocycles. The zero-order chi connectivity index (χ0) is 15.4. The summed E-state index contributed by atoms with van der Waals surface area (Å²) in [4.78, 5) is 4.24. The van der Waals surface area contributed by atoms with E-state index in [1.165, 1.54) is 0 Å². The highest BCUT2D eigenvalue weighted by atomic mass is 35.5. The van der Waals surface area contributed by atoms with E-state index in [1.54, 1.807) is 30.3 Å². The van der Waals surface area contributed by atoms with Crippen molar-refractivity contribution >= 4 is 28.9 Å². The minimum absolute atomic E-state index is 0.353. The fourth-order valence-corrected chi connectivity index (χ4v) is 1.97. The number of nitrogen functional groups attached to an aromatic ring is 1. The molecule has 0 unspecified atom stereocenters. The van der Waals surface area contributed by atoms with E-state index < -0.39 is 0 Å². The van der Waals surface area contributed by atoms with Crippen LogP contribution in [-0.2, 0) is 0 Å². The summed E-state index contributed by atoms with van der Waals surface area (Å²) in [6.07, 6.45) is 0. The molecule has 0 saturated carbocycles. The van der Waals surface area contributed by atoms with Gasteiger partial charge in [0.1, 0.15) is 5.75 Å². The van der Waals surface area contributed by atoms with Crippen molar-refractivity contribution in [3.63, 3.8) is 0 Å². The largest absolute Gasteiger partial charge is 0.476 e. The van der Waals surface area contributed by atoms with Crippen LogP contribution in [0.3, 0.4) is 0 Å². The molecular formula is C15H16Cl2N2O2. The second-order valence-electron chi connectivity index (χ2n) is 4.93. The number of benzene rings is 1. The Balaban J connectivity index is 2.18. The van der Waals surface area contributed by atoms with E-state index >= 15 is 0 Å². The second-order valence-corrected chi connectivity index (χ2v) is 5.77. The average Bonchev–Trinajstić information content (AvgIpc) is 2.42. The van der Waals surface area contributed by atoms with Crippen LogP contribution in [0.2, 0.25) is 10.0 Å². The molecular weight excluding hydrogens is 311 g/mol. The number of nitrogens with two attached hydrogens (primary N) is 1. The summed E-state index contributed by atoms with van der Waals surface area (Å²) in [6.45, 7) is 4.62. The number of aromatic nitrogens is 1. The third-order valence-electron chi connectivity index (χ3n) is 2.53. The molecule has 2 N–H and O–H groups in total. The Hall–Kier alpha value is -1.65. The number of hydrogen-bond acceptors (Lipinski definition) is 4. The van der Waals surface area contributed by atoms with Gasteiger partial charge in [0.05, 0.1) is 17.3 Å². The first-order chi connectivity index (χ1) is 9.95. The maximum absolute atomic E-state index is 6.06. The van der Waals surface area contributed by atoms with Gasteiger partial charge >= 0.3 is 0 Å². The fourth-order valence-electron chi connectivity index (χ4n) is 1.52. The van der Waals surface area contributed by atoms with Crippen molar-refractivity contribution < 1.29 is 9.47 Å². The summed E-state index contributed by atoms with van der Waals surface area (Å²) in [7, 11) is 0. The molecule has 0 aliphatic rings.